The standard InChI is InChI=1S/C19H17FN4S/c1-12-5-10-16(22-12)18-17(15-4-2-3-11-21-15)23-19(25)24(18)14-8-6-13(20)7-9-14/h2-11,17-18,22H,1H3,(H,23,25). The number of nitrogens with zero attached hydrogens (tertiary/aromatic N) is 2. The van der Waals surface area contributed by atoms with Gasteiger partial charge in [-0.2, -0.15) is 0 Å². The summed E-state index contributed by atoms with van der Waals surface area (Å²) >= 11 is 5.60. The topological polar surface area (TPSA) is 44.0 Å². The van der Waals surface area contributed by atoms with Crippen molar-refractivity contribution in [2.45, 2.75) is 19.0 Å². The van der Waals surface area contributed by atoms with E-state index >= 15 is 0 Å². The van der Waals surface area contributed by atoms with Crippen LogP contribution in [0.3, 0.4) is 0 Å². The molecule has 4 nitrogen and oxygen atoms in total. The molecular weight excluding hydrogens is 335 g/mol. The van der Waals surface area contributed by atoms with Crippen molar-refractivity contribution in [3.63, 3.8) is 0 Å². The molecule has 0 radical (unpaired) electrons. The molecule has 6 heteroatoms. The number of rotatable bonds is 3. The Morgan fingerprint density at radius 3 is 2.52 bits per heavy atom. The van der Waals surface area contributed by atoms with Crippen LogP contribution in [0.5, 0.6) is 0 Å². The molecule has 1 fully saturated rings. The lowest BCUT2D eigenvalue weighted by atomic mass is 10.0. The van der Waals surface area contributed by atoms with E-state index in [-0.39, 0.29) is 17.9 Å². The zero-order valence-electron chi connectivity index (χ0n) is 13.6. The second-order valence-corrected chi connectivity index (χ2v) is 6.46. The van der Waals surface area contributed by atoms with Crippen molar-refractivity contribution < 1.29 is 4.39 Å². The monoisotopic (exact) mass is 352 g/mol. The van der Waals surface area contributed by atoms with E-state index in [2.05, 4.69) is 21.4 Å². The molecule has 3 aromatic rings. The Morgan fingerprint density at radius 1 is 1.08 bits per heavy atom. The molecule has 126 valence electrons. The van der Waals surface area contributed by atoms with Crippen LogP contribution in [0.15, 0.2) is 60.8 Å². The molecule has 2 unspecified atom stereocenters. The highest BCUT2D eigenvalue weighted by Crippen LogP contribution is 2.40. The van der Waals surface area contributed by atoms with Gasteiger partial charge < -0.3 is 15.2 Å². The van der Waals surface area contributed by atoms with Crippen molar-refractivity contribution in [2.75, 3.05) is 4.90 Å². The average Bonchev–Trinajstić information content (AvgIpc) is 3.20. The summed E-state index contributed by atoms with van der Waals surface area (Å²) in [6, 6.07) is 16.1. The van der Waals surface area contributed by atoms with E-state index < -0.39 is 0 Å². The molecule has 1 aliphatic heterocycles. The van der Waals surface area contributed by atoms with Crippen LogP contribution in [0, 0.1) is 12.7 Å². The lowest BCUT2D eigenvalue weighted by Gasteiger charge is -2.27. The van der Waals surface area contributed by atoms with Gasteiger partial charge in [-0.15, -0.1) is 0 Å². The highest BCUT2D eigenvalue weighted by atomic mass is 32.1. The van der Waals surface area contributed by atoms with E-state index in [0.29, 0.717) is 5.11 Å². The molecule has 0 bridgehead atoms. The minimum absolute atomic E-state index is 0.0958. The van der Waals surface area contributed by atoms with Gasteiger partial charge >= 0.3 is 0 Å². The smallest absolute Gasteiger partial charge is 0.174 e. The van der Waals surface area contributed by atoms with Gasteiger partial charge in [-0.1, -0.05) is 6.07 Å². The van der Waals surface area contributed by atoms with Gasteiger partial charge in [0.05, 0.1) is 11.7 Å². The van der Waals surface area contributed by atoms with Crippen LogP contribution in [0.4, 0.5) is 10.1 Å². The van der Waals surface area contributed by atoms with Gasteiger partial charge in [0.1, 0.15) is 11.9 Å². The molecular formula is C19H17FN4S. The van der Waals surface area contributed by atoms with Crippen LogP contribution >= 0.6 is 12.2 Å². The third kappa shape index (κ3) is 2.89. The number of H-pyrrole nitrogens is 1. The number of aromatic amines is 1. The fourth-order valence-electron chi connectivity index (χ4n) is 3.25. The molecule has 2 aromatic heterocycles. The first-order valence-corrected chi connectivity index (χ1v) is 8.46. The molecule has 25 heavy (non-hydrogen) atoms. The van der Waals surface area contributed by atoms with Crippen molar-refractivity contribution >= 4 is 23.0 Å². The first-order valence-electron chi connectivity index (χ1n) is 8.05. The fraction of sp³-hybridized carbons (Fsp3) is 0.158. The predicted molar refractivity (Wildman–Crippen MR) is 99.9 cm³/mol. The highest BCUT2D eigenvalue weighted by Gasteiger charge is 2.41. The molecule has 0 aliphatic carbocycles. The quantitative estimate of drug-likeness (QED) is 0.699. The SMILES string of the molecule is Cc1ccc(C2C(c3ccccn3)NC(=S)N2c2ccc(F)cc2)[nH]1. The van der Waals surface area contributed by atoms with E-state index in [4.69, 9.17) is 12.2 Å². The molecule has 2 atom stereocenters. The zero-order valence-corrected chi connectivity index (χ0v) is 14.4. The zero-order chi connectivity index (χ0) is 17.4. The third-order valence-corrected chi connectivity index (χ3v) is 4.69. The van der Waals surface area contributed by atoms with E-state index in [1.54, 1.807) is 18.3 Å². The van der Waals surface area contributed by atoms with Gasteiger partial charge in [-0.25, -0.2) is 4.39 Å². The maximum atomic E-state index is 13.4. The van der Waals surface area contributed by atoms with E-state index in [1.807, 2.05) is 36.1 Å². The molecule has 0 spiro atoms. The minimum atomic E-state index is -0.268. The van der Waals surface area contributed by atoms with Crippen molar-refractivity contribution in [3.05, 3.63) is 83.7 Å². The number of aryl methyl sites for hydroxylation is 1. The summed E-state index contributed by atoms with van der Waals surface area (Å²) < 4.78 is 13.4. The van der Waals surface area contributed by atoms with Gasteiger partial charge in [0, 0.05) is 23.3 Å². The molecule has 1 aliphatic rings. The minimum Gasteiger partial charge on any atom is -0.361 e. The van der Waals surface area contributed by atoms with Gasteiger partial charge in [0.15, 0.2) is 5.11 Å². The van der Waals surface area contributed by atoms with Crippen LogP contribution in [0.1, 0.15) is 29.2 Å². The average molecular weight is 352 g/mol. The molecule has 1 aromatic carbocycles. The van der Waals surface area contributed by atoms with Gasteiger partial charge in [0.2, 0.25) is 0 Å². The number of pyridine rings is 1. The largest absolute Gasteiger partial charge is 0.361 e. The number of hydrogen-bond acceptors (Lipinski definition) is 2. The summed E-state index contributed by atoms with van der Waals surface area (Å²) in [6.45, 7) is 2.02. The molecule has 4 rings (SSSR count). The summed E-state index contributed by atoms with van der Waals surface area (Å²) in [5.41, 5.74) is 3.86. The van der Waals surface area contributed by atoms with Crippen molar-refractivity contribution in [1.82, 2.24) is 15.3 Å². The molecule has 0 saturated carbocycles. The Morgan fingerprint density at radius 2 is 1.88 bits per heavy atom. The molecule has 3 heterocycles. The first-order chi connectivity index (χ1) is 12.1. The van der Waals surface area contributed by atoms with Crippen LogP contribution in [-0.4, -0.2) is 15.1 Å². The predicted octanol–water partition coefficient (Wildman–Crippen LogP) is 4.03. The number of thiocarbonyl (C=S) groups is 1. The Balaban J connectivity index is 1.81. The molecule has 2 N–H and O–H groups in total. The number of halogens is 1. The van der Waals surface area contributed by atoms with Gasteiger partial charge in [0.25, 0.3) is 0 Å². The lowest BCUT2D eigenvalue weighted by molar-refractivity contribution is 0.557. The van der Waals surface area contributed by atoms with Crippen molar-refractivity contribution in [1.29, 1.82) is 0 Å². The summed E-state index contributed by atoms with van der Waals surface area (Å²) in [5.74, 6) is -0.268. The number of nitrogens with one attached hydrogen (secondary N) is 2. The Labute approximate surface area is 150 Å². The number of aromatic nitrogens is 2. The summed E-state index contributed by atoms with van der Waals surface area (Å²) in [6.07, 6.45) is 1.78. The molecule has 1 saturated heterocycles. The second kappa shape index (κ2) is 6.29. The van der Waals surface area contributed by atoms with Crippen molar-refractivity contribution in [2.24, 2.45) is 0 Å². The van der Waals surface area contributed by atoms with E-state index in [9.17, 15) is 4.39 Å². The van der Waals surface area contributed by atoms with Crippen LogP contribution < -0.4 is 10.2 Å². The fourth-order valence-corrected chi connectivity index (χ4v) is 3.59. The molecule has 0 amide bonds. The van der Waals surface area contributed by atoms with Crippen LogP contribution in [0.25, 0.3) is 0 Å². The Hall–Kier alpha value is -2.73. The third-order valence-electron chi connectivity index (χ3n) is 4.38. The Kier molecular flexibility index (Phi) is 3.97. The summed E-state index contributed by atoms with van der Waals surface area (Å²) in [4.78, 5) is 9.92. The lowest BCUT2D eigenvalue weighted by Crippen LogP contribution is -2.29. The van der Waals surface area contributed by atoms with E-state index in [0.717, 1.165) is 22.8 Å². The number of hydrogen-bond donors (Lipinski definition) is 2. The van der Waals surface area contributed by atoms with Gasteiger partial charge in [-0.05, 0) is 67.7 Å². The summed E-state index contributed by atoms with van der Waals surface area (Å²) in [7, 11) is 0. The van der Waals surface area contributed by atoms with Gasteiger partial charge in [-0.3, -0.25) is 4.98 Å². The second-order valence-electron chi connectivity index (χ2n) is 6.07. The van der Waals surface area contributed by atoms with Crippen LogP contribution in [-0.2, 0) is 0 Å². The maximum Gasteiger partial charge on any atom is 0.174 e. The summed E-state index contributed by atoms with van der Waals surface area (Å²) in [5, 5.41) is 3.97. The maximum absolute atomic E-state index is 13.4. The Bertz CT molecular complexity index is 891. The van der Waals surface area contributed by atoms with Crippen molar-refractivity contribution in [3.8, 4) is 0 Å². The first kappa shape index (κ1) is 15.8. The normalized spacial score (nSPS) is 19.9. The highest BCUT2D eigenvalue weighted by molar-refractivity contribution is 7.80. The van der Waals surface area contributed by atoms with E-state index in [1.165, 1.54) is 12.1 Å². The number of benzene rings is 1. The van der Waals surface area contributed by atoms with Crippen LogP contribution in [0.2, 0.25) is 0 Å². The number of anilines is 1.